The first-order valence-electron chi connectivity index (χ1n) is 5.96. The minimum absolute atomic E-state index is 0.552. The number of hydrogen-bond acceptors (Lipinski definition) is 3. The SMILES string of the molecule is Cc1nn(Cc2csc3ccccc23)cc1CN. The first-order valence-corrected chi connectivity index (χ1v) is 6.84. The highest BCUT2D eigenvalue weighted by atomic mass is 32.1. The molecule has 18 heavy (non-hydrogen) atoms. The Morgan fingerprint density at radius 2 is 2.11 bits per heavy atom. The smallest absolute Gasteiger partial charge is 0.0673 e. The fourth-order valence-electron chi connectivity index (χ4n) is 2.17. The summed E-state index contributed by atoms with van der Waals surface area (Å²) in [5.41, 5.74) is 9.14. The van der Waals surface area contributed by atoms with Crippen molar-refractivity contribution in [3.05, 3.63) is 52.7 Å². The molecule has 0 amide bonds. The molecule has 3 aromatic rings. The summed E-state index contributed by atoms with van der Waals surface area (Å²) in [6, 6.07) is 8.48. The van der Waals surface area contributed by atoms with Gasteiger partial charge in [-0.1, -0.05) is 18.2 Å². The van der Waals surface area contributed by atoms with Gasteiger partial charge in [-0.05, 0) is 29.3 Å². The number of aryl methyl sites for hydroxylation is 1. The molecule has 0 unspecified atom stereocenters. The average Bonchev–Trinajstić information content (AvgIpc) is 2.94. The maximum atomic E-state index is 5.68. The van der Waals surface area contributed by atoms with E-state index in [-0.39, 0.29) is 0 Å². The van der Waals surface area contributed by atoms with Gasteiger partial charge < -0.3 is 5.73 Å². The molecule has 0 fully saturated rings. The Balaban J connectivity index is 1.96. The molecule has 0 spiro atoms. The fourth-order valence-corrected chi connectivity index (χ4v) is 3.12. The molecule has 1 aromatic carbocycles. The van der Waals surface area contributed by atoms with Crippen molar-refractivity contribution >= 4 is 21.4 Å². The first-order chi connectivity index (χ1) is 8.78. The zero-order chi connectivity index (χ0) is 12.5. The molecule has 0 saturated heterocycles. The van der Waals surface area contributed by atoms with E-state index in [9.17, 15) is 0 Å². The van der Waals surface area contributed by atoms with Crippen LogP contribution in [-0.2, 0) is 13.1 Å². The van der Waals surface area contributed by atoms with E-state index in [1.54, 1.807) is 11.3 Å². The Morgan fingerprint density at radius 1 is 1.28 bits per heavy atom. The number of nitrogens with zero attached hydrogens (tertiary/aromatic N) is 2. The Morgan fingerprint density at radius 3 is 2.89 bits per heavy atom. The number of aromatic nitrogens is 2. The largest absolute Gasteiger partial charge is 0.326 e. The molecule has 3 rings (SSSR count). The van der Waals surface area contributed by atoms with Gasteiger partial charge in [-0.25, -0.2) is 0 Å². The summed E-state index contributed by atoms with van der Waals surface area (Å²) >= 11 is 1.78. The van der Waals surface area contributed by atoms with Crippen LogP contribution in [0.4, 0.5) is 0 Å². The molecule has 0 aliphatic rings. The summed E-state index contributed by atoms with van der Waals surface area (Å²) in [7, 11) is 0. The van der Waals surface area contributed by atoms with E-state index in [0.717, 1.165) is 17.8 Å². The van der Waals surface area contributed by atoms with Crippen LogP contribution in [0.3, 0.4) is 0 Å². The predicted octanol–water partition coefficient (Wildman–Crippen LogP) is 2.91. The van der Waals surface area contributed by atoms with Crippen molar-refractivity contribution in [2.75, 3.05) is 0 Å². The van der Waals surface area contributed by atoms with Crippen LogP contribution in [0, 0.1) is 6.92 Å². The van der Waals surface area contributed by atoms with E-state index in [1.807, 2.05) is 17.8 Å². The summed E-state index contributed by atoms with van der Waals surface area (Å²) < 4.78 is 3.31. The maximum Gasteiger partial charge on any atom is 0.0673 e. The zero-order valence-electron chi connectivity index (χ0n) is 10.3. The lowest BCUT2D eigenvalue weighted by molar-refractivity contribution is 0.683. The van der Waals surface area contributed by atoms with Crippen LogP contribution in [0.2, 0.25) is 0 Å². The Bertz CT molecular complexity index is 681. The Hall–Kier alpha value is -1.65. The molecule has 3 nitrogen and oxygen atoms in total. The van der Waals surface area contributed by atoms with Crippen LogP contribution < -0.4 is 5.73 Å². The highest BCUT2D eigenvalue weighted by Crippen LogP contribution is 2.26. The van der Waals surface area contributed by atoms with E-state index in [2.05, 4.69) is 34.7 Å². The third kappa shape index (κ3) is 1.94. The van der Waals surface area contributed by atoms with Crippen LogP contribution in [-0.4, -0.2) is 9.78 Å². The van der Waals surface area contributed by atoms with Crippen molar-refractivity contribution < 1.29 is 0 Å². The summed E-state index contributed by atoms with van der Waals surface area (Å²) in [5, 5.41) is 8.04. The van der Waals surface area contributed by atoms with Gasteiger partial charge >= 0.3 is 0 Å². The second kappa shape index (κ2) is 4.55. The monoisotopic (exact) mass is 257 g/mol. The number of thiophene rings is 1. The molecule has 2 heterocycles. The summed E-state index contributed by atoms with van der Waals surface area (Å²) in [4.78, 5) is 0. The van der Waals surface area contributed by atoms with Crippen LogP contribution in [0.25, 0.3) is 10.1 Å². The van der Waals surface area contributed by atoms with Crippen LogP contribution in [0.5, 0.6) is 0 Å². The third-order valence-corrected chi connectivity index (χ3v) is 4.17. The lowest BCUT2D eigenvalue weighted by Crippen LogP contribution is -1.99. The molecule has 2 N–H and O–H groups in total. The van der Waals surface area contributed by atoms with E-state index >= 15 is 0 Å². The predicted molar refractivity (Wildman–Crippen MR) is 75.8 cm³/mol. The molecular formula is C14H15N3S. The molecular weight excluding hydrogens is 242 g/mol. The Labute approximate surface area is 110 Å². The van der Waals surface area contributed by atoms with Crippen LogP contribution in [0.15, 0.2) is 35.8 Å². The van der Waals surface area contributed by atoms with Gasteiger partial charge in [0.2, 0.25) is 0 Å². The summed E-state index contributed by atoms with van der Waals surface area (Å²) in [5.74, 6) is 0. The van der Waals surface area contributed by atoms with Gasteiger partial charge in [0, 0.05) is 23.0 Å². The van der Waals surface area contributed by atoms with Crippen LogP contribution >= 0.6 is 11.3 Å². The molecule has 92 valence electrons. The maximum absolute atomic E-state index is 5.68. The number of benzene rings is 1. The van der Waals surface area contributed by atoms with Gasteiger partial charge in [0.25, 0.3) is 0 Å². The Kier molecular flexibility index (Phi) is 2.89. The fraction of sp³-hybridized carbons (Fsp3) is 0.214. The second-order valence-electron chi connectivity index (χ2n) is 4.40. The van der Waals surface area contributed by atoms with Crippen molar-refractivity contribution in [3.63, 3.8) is 0 Å². The van der Waals surface area contributed by atoms with E-state index in [0.29, 0.717) is 6.54 Å². The normalized spacial score (nSPS) is 11.2. The highest BCUT2D eigenvalue weighted by Gasteiger charge is 2.07. The van der Waals surface area contributed by atoms with E-state index in [4.69, 9.17) is 5.73 Å². The van der Waals surface area contributed by atoms with Gasteiger partial charge in [0.05, 0.1) is 12.2 Å². The number of nitrogens with two attached hydrogens (primary N) is 1. The molecule has 0 aliphatic heterocycles. The van der Waals surface area contributed by atoms with Gasteiger partial charge in [-0.2, -0.15) is 5.10 Å². The van der Waals surface area contributed by atoms with Crippen LogP contribution in [0.1, 0.15) is 16.8 Å². The minimum atomic E-state index is 0.552. The van der Waals surface area contributed by atoms with Crippen molar-refractivity contribution in [1.29, 1.82) is 0 Å². The average molecular weight is 257 g/mol. The number of fused-ring (bicyclic) bond motifs is 1. The minimum Gasteiger partial charge on any atom is -0.326 e. The quantitative estimate of drug-likeness (QED) is 0.784. The van der Waals surface area contributed by atoms with Gasteiger partial charge in [-0.15, -0.1) is 11.3 Å². The summed E-state index contributed by atoms with van der Waals surface area (Å²) in [6.07, 6.45) is 2.04. The molecule has 0 saturated carbocycles. The third-order valence-electron chi connectivity index (χ3n) is 3.16. The van der Waals surface area contributed by atoms with Crippen molar-refractivity contribution in [3.8, 4) is 0 Å². The van der Waals surface area contributed by atoms with Gasteiger partial charge in [0.15, 0.2) is 0 Å². The number of hydrogen-bond donors (Lipinski definition) is 1. The second-order valence-corrected chi connectivity index (χ2v) is 5.31. The summed E-state index contributed by atoms with van der Waals surface area (Å²) in [6.45, 7) is 3.37. The van der Waals surface area contributed by atoms with Gasteiger partial charge in [0.1, 0.15) is 0 Å². The van der Waals surface area contributed by atoms with Crippen molar-refractivity contribution in [1.82, 2.24) is 9.78 Å². The molecule has 0 radical (unpaired) electrons. The van der Waals surface area contributed by atoms with Gasteiger partial charge in [-0.3, -0.25) is 4.68 Å². The van der Waals surface area contributed by atoms with Crippen molar-refractivity contribution in [2.45, 2.75) is 20.0 Å². The molecule has 0 aliphatic carbocycles. The first kappa shape index (κ1) is 11.4. The molecule has 0 bridgehead atoms. The van der Waals surface area contributed by atoms with E-state index in [1.165, 1.54) is 15.6 Å². The lowest BCUT2D eigenvalue weighted by atomic mass is 10.2. The lowest BCUT2D eigenvalue weighted by Gasteiger charge is -2.00. The topological polar surface area (TPSA) is 43.8 Å². The van der Waals surface area contributed by atoms with Crippen molar-refractivity contribution in [2.24, 2.45) is 5.73 Å². The zero-order valence-corrected chi connectivity index (χ0v) is 11.1. The molecule has 2 aromatic heterocycles. The van der Waals surface area contributed by atoms with E-state index < -0.39 is 0 Å². The molecule has 0 atom stereocenters. The standard InChI is InChI=1S/C14H15N3S/c1-10-11(6-15)7-17(16-10)8-12-9-18-14-5-3-2-4-13(12)14/h2-5,7,9H,6,8,15H2,1H3. The highest BCUT2D eigenvalue weighted by molar-refractivity contribution is 7.17. The number of rotatable bonds is 3. The molecule has 4 heteroatoms.